The maximum Gasteiger partial charge on any atom is 0.244 e. The summed E-state index contributed by atoms with van der Waals surface area (Å²) in [7, 11) is -3.87. The first-order valence-corrected chi connectivity index (χ1v) is 13.7. The van der Waals surface area contributed by atoms with Gasteiger partial charge in [0, 0.05) is 28.7 Å². The summed E-state index contributed by atoms with van der Waals surface area (Å²) < 4.78 is 26.0. The third-order valence-electron chi connectivity index (χ3n) is 5.19. The standard InChI is InChI=1S/C23H28Cl3N3O4S/c1-4-5-13-27-23(31)16(2)28(14-17-18(24)10-8-11-19(17)25)22(30)15-29(34(3,32)33)21-12-7-6-9-20(21)26/h6-12,16H,4-5,13-15H2,1-3H3,(H,27,31). The predicted octanol–water partition coefficient (Wildman–Crippen LogP) is 4.75. The van der Waals surface area contributed by atoms with Crippen molar-refractivity contribution >= 4 is 62.3 Å². The fourth-order valence-corrected chi connectivity index (χ4v) is 4.89. The molecular weight excluding hydrogens is 521 g/mol. The van der Waals surface area contributed by atoms with Crippen LogP contribution in [0, 0.1) is 0 Å². The molecule has 2 aromatic rings. The van der Waals surface area contributed by atoms with Crippen molar-refractivity contribution in [2.75, 3.05) is 23.7 Å². The first kappa shape index (κ1) is 28.2. The Morgan fingerprint density at radius 1 is 1.00 bits per heavy atom. The van der Waals surface area contributed by atoms with Crippen molar-refractivity contribution < 1.29 is 18.0 Å². The number of unbranched alkanes of at least 4 members (excludes halogenated alkanes) is 1. The second-order valence-corrected chi connectivity index (χ2v) is 10.9. The first-order chi connectivity index (χ1) is 16.0. The van der Waals surface area contributed by atoms with E-state index in [2.05, 4.69) is 5.32 Å². The second kappa shape index (κ2) is 12.6. The van der Waals surface area contributed by atoms with E-state index >= 15 is 0 Å². The van der Waals surface area contributed by atoms with Crippen molar-refractivity contribution in [2.24, 2.45) is 0 Å². The Bertz CT molecular complexity index is 1110. The van der Waals surface area contributed by atoms with Crippen molar-refractivity contribution in [3.8, 4) is 0 Å². The number of sulfonamides is 1. The van der Waals surface area contributed by atoms with Crippen LogP contribution in [0.3, 0.4) is 0 Å². The molecule has 0 fully saturated rings. The highest BCUT2D eigenvalue weighted by atomic mass is 35.5. The maximum atomic E-state index is 13.5. The second-order valence-electron chi connectivity index (χ2n) is 7.76. The van der Waals surface area contributed by atoms with E-state index in [1.54, 1.807) is 37.3 Å². The molecular formula is C23H28Cl3N3O4S. The molecule has 0 aliphatic rings. The van der Waals surface area contributed by atoms with Gasteiger partial charge in [-0.2, -0.15) is 0 Å². The lowest BCUT2D eigenvalue weighted by Crippen LogP contribution is -2.51. The average molecular weight is 549 g/mol. The Kier molecular flexibility index (Phi) is 10.5. The van der Waals surface area contributed by atoms with Gasteiger partial charge in [0.15, 0.2) is 0 Å². The summed E-state index contributed by atoms with van der Waals surface area (Å²) in [6.45, 7) is 3.39. The van der Waals surface area contributed by atoms with Gasteiger partial charge in [0.2, 0.25) is 21.8 Å². The number of anilines is 1. The minimum absolute atomic E-state index is 0.0835. The van der Waals surface area contributed by atoms with Gasteiger partial charge in [-0.05, 0) is 37.6 Å². The van der Waals surface area contributed by atoms with Crippen LogP contribution in [0.4, 0.5) is 5.69 Å². The maximum absolute atomic E-state index is 13.5. The molecule has 0 aliphatic carbocycles. The van der Waals surface area contributed by atoms with Crippen LogP contribution in [0.5, 0.6) is 0 Å². The quantitative estimate of drug-likeness (QED) is 0.411. The molecule has 0 saturated carbocycles. The van der Waals surface area contributed by atoms with E-state index in [0.717, 1.165) is 23.4 Å². The van der Waals surface area contributed by atoms with E-state index in [1.807, 2.05) is 6.92 Å². The van der Waals surface area contributed by atoms with Gasteiger partial charge in [-0.25, -0.2) is 8.42 Å². The Morgan fingerprint density at radius 2 is 1.59 bits per heavy atom. The molecule has 7 nitrogen and oxygen atoms in total. The summed E-state index contributed by atoms with van der Waals surface area (Å²) in [6, 6.07) is 10.3. The molecule has 2 amide bonds. The number of nitrogens with one attached hydrogen (secondary N) is 1. The molecule has 0 radical (unpaired) electrons. The van der Waals surface area contributed by atoms with Gasteiger partial charge in [0.25, 0.3) is 0 Å². The minimum atomic E-state index is -3.87. The lowest BCUT2D eigenvalue weighted by molar-refractivity contribution is -0.139. The zero-order chi connectivity index (χ0) is 25.5. The molecule has 0 bridgehead atoms. The number of amides is 2. The van der Waals surface area contributed by atoms with Crippen LogP contribution in [-0.4, -0.2) is 50.5 Å². The summed E-state index contributed by atoms with van der Waals surface area (Å²) in [5, 5.41) is 3.64. The van der Waals surface area contributed by atoms with E-state index in [9.17, 15) is 18.0 Å². The summed E-state index contributed by atoms with van der Waals surface area (Å²) in [6.07, 6.45) is 2.67. The van der Waals surface area contributed by atoms with Crippen molar-refractivity contribution in [1.82, 2.24) is 10.2 Å². The highest BCUT2D eigenvalue weighted by Crippen LogP contribution is 2.29. The van der Waals surface area contributed by atoms with Crippen LogP contribution in [0.1, 0.15) is 32.3 Å². The van der Waals surface area contributed by atoms with E-state index in [1.165, 1.54) is 17.0 Å². The van der Waals surface area contributed by atoms with Gasteiger partial charge in [-0.3, -0.25) is 13.9 Å². The van der Waals surface area contributed by atoms with Gasteiger partial charge in [-0.15, -0.1) is 0 Å². The lowest BCUT2D eigenvalue weighted by Gasteiger charge is -2.32. The van der Waals surface area contributed by atoms with Crippen LogP contribution in [-0.2, 0) is 26.2 Å². The number of carbonyl (C=O) groups is 2. The van der Waals surface area contributed by atoms with Crippen LogP contribution in [0.25, 0.3) is 0 Å². The normalized spacial score (nSPS) is 12.2. The van der Waals surface area contributed by atoms with E-state index in [4.69, 9.17) is 34.8 Å². The zero-order valence-electron chi connectivity index (χ0n) is 19.2. The van der Waals surface area contributed by atoms with Gasteiger partial charge in [-0.1, -0.05) is 66.3 Å². The molecule has 1 atom stereocenters. The molecule has 0 aromatic heterocycles. The lowest BCUT2D eigenvalue weighted by atomic mass is 10.1. The highest BCUT2D eigenvalue weighted by Gasteiger charge is 2.31. The third kappa shape index (κ3) is 7.50. The Balaban J connectivity index is 2.42. The number of nitrogens with zero attached hydrogens (tertiary/aromatic N) is 2. The van der Waals surface area contributed by atoms with E-state index in [-0.39, 0.29) is 23.2 Å². The molecule has 0 aliphatic heterocycles. The van der Waals surface area contributed by atoms with Crippen molar-refractivity contribution in [2.45, 2.75) is 39.3 Å². The van der Waals surface area contributed by atoms with Gasteiger partial charge in [0.1, 0.15) is 12.6 Å². The monoisotopic (exact) mass is 547 g/mol. The van der Waals surface area contributed by atoms with Crippen molar-refractivity contribution in [3.63, 3.8) is 0 Å². The molecule has 186 valence electrons. The smallest absolute Gasteiger partial charge is 0.244 e. The molecule has 2 rings (SSSR count). The Morgan fingerprint density at radius 3 is 2.15 bits per heavy atom. The largest absolute Gasteiger partial charge is 0.354 e. The number of para-hydroxylation sites is 1. The fraction of sp³-hybridized carbons (Fsp3) is 0.391. The number of carbonyl (C=O) groups excluding carboxylic acids is 2. The highest BCUT2D eigenvalue weighted by molar-refractivity contribution is 7.92. The number of benzene rings is 2. The summed E-state index contributed by atoms with van der Waals surface area (Å²) in [5.41, 5.74) is 0.617. The zero-order valence-corrected chi connectivity index (χ0v) is 22.3. The summed E-state index contributed by atoms with van der Waals surface area (Å²) in [4.78, 5) is 27.6. The minimum Gasteiger partial charge on any atom is -0.354 e. The first-order valence-electron chi connectivity index (χ1n) is 10.7. The Labute approximate surface area is 216 Å². The van der Waals surface area contributed by atoms with Crippen LogP contribution < -0.4 is 9.62 Å². The topological polar surface area (TPSA) is 86.8 Å². The SMILES string of the molecule is CCCCNC(=O)C(C)N(Cc1c(Cl)cccc1Cl)C(=O)CN(c1ccccc1Cl)S(C)(=O)=O. The number of rotatable bonds is 11. The Hall–Kier alpha value is -2.00. The molecule has 0 saturated heterocycles. The predicted molar refractivity (Wildman–Crippen MR) is 138 cm³/mol. The van der Waals surface area contributed by atoms with Crippen molar-refractivity contribution in [3.05, 3.63) is 63.1 Å². The number of hydrogen-bond donors (Lipinski definition) is 1. The van der Waals surface area contributed by atoms with Crippen LogP contribution in [0.2, 0.25) is 15.1 Å². The average Bonchev–Trinajstić information content (AvgIpc) is 2.76. The van der Waals surface area contributed by atoms with E-state index in [0.29, 0.717) is 22.2 Å². The van der Waals surface area contributed by atoms with E-state index < -0.39 is 28.5 Å². The molecule has 11 heteroatoms. The molecule has 2 aromatic carbocycles. The van der Waals surface area contributed by atoms with Crippen LogP contribution in [0.15, 0.2) is 42.5 Å². The van der Waals surface area contributed by atoms with Crippen LogP contribution >= 0.6 is 34.8 Å². The number of halogens is 3. The molecule has 34 heavy (non-hydrogen) atoms. The fourth-order valence-electron chi connectivity index (χ4n) is 3.22. The number of hydrogen-bond acceptors (Lipinski definition) is 4. The molecule has 0 spiro atoms. The third-order valence-corrected chi connectivity index (χ3v) is 7.34. The summed E-state index contributed by atoms with van der Waals surface area (Å²) in [5.74, 6) is -0.979. The van der Waals surface area contributed by atoms with Crippen molar-refractivity contribution in [1.29, 1.82) is 0 Å². The van der Waals surface area contributed by atoms with Gasteiger partial charge in [0.05, 0.1) is 17.0 Å². The van der Waals surface area contributed by atoms with Gasteiger partial charge < -0.3 is 10.2 Å². The summed E-state index contributed by atoms with van der Waals surface area (Å²) >= 11 is 18.8. The van der Waals surface area contributed by atoms with Gasteiger partial charge >= 0.3 is 0 Å². The molecule has 0 heterocycles. The molecule has 1 unspecified atom stereocenters. The molecule has 1 N–H and O–H groups in total.